The maximum absolute atomic E-state index is 11.8. The van der Waals surface area contributed by atoms with Gasteiger partial charge in [0.15, 0.2) is 0 Å². The van der Waals surface area contributed by atoms with Crippen molar-refractivity contribution in [1.82, 2.24) is 10.2 Å². The van der Waals surface area contributed by atoms with E-state index < -0.39 is 0 Å². The van der Waals surface area contributed by atoms with E-state index in [4.69, 9.17) is 0 Å². The van der Waals surface area contributed by atoms with Crippen molar-refractivity contribution in [3.05, 3.63) is 0 Å². The summed E-state index contributed by atoms with van der Waals surface area (Å²) in [6, 6.07) is 1.10. The van der Waals surface area contributed by atoms with Gasteiger partial charge in [0.2, 0.25) is 5.91 Å². The molecule has 0 heterocycles. The summed E-state index contributed by atoms with van der Waals surface area (Å²) in [6.45, 7) is 2.75. The summed E-state index contributed by atoms with van der Waals surface area (Å²) in [5.74, 6) is 1.47. The van der Waals surface area contributed by atoms with E-state index in [0.29, 0.717) is 18.6 Å². The first-order valence-electron chi connectivity index (χ1n) is 6.81. The monoisotopic (exact) mass is 256 g/mol. The zero-order valence-corrected chi connectivity index (χ0v) is 11.8. The summed E-state index contributed by atoms with van der Waals surface area (Å²) >= 11 is 2.06. The minimum atomic E-state index is 0.263. The molecule has 2 rings (SSSR count). The molecule has 2 unspecified atom stereocenters. The lowest BCUT2D eigenvalue weighted by Gasteiger charge is -2.18. The first-order chi connectivity index (χ1) is 8.20. The van der Waals surface area contributed by atoms with Gasteiger partial charge in [-0.25, -0.2) is 0 Å². The van der Waals surface area contributed by atoms with Crippen molar-refractivity contribution in [1.29, 1.82) is 0 Å². The van der Waals surface area contributed by atoms with Gasteiger partial charge in [0.05, 0.1) is 6.54 Å². The van der Waals surface area contributed by atoms with Gasteiger partial charge in [-0.3, -0.25) is 4.79 Å². The van der Waals surface area contributed by atoms with Gasteiger partial charge < -0.3 is 10.2 Å². The van der Waals surface area contributed by atoms with Crippen LogP contribution in [0.5, 0.6) is 0 Å². The lowest BCUT2D eigenvalue weighted by Crippen LogP contribution is -2.40. The standard InChI is InChI=1S/C13H24N2OS/c1-3-17-12-7-4-10(8-12)14-9-13(16)15(2)11-5-6-11/h10-12,14H,3-9H2,1-2H3. The molecule has 2 fully saturated rings. The fourth-order valence-corrected chi connectivity index (χ4v) is 3.68. The number of hydrogen-bond donors (Lipinski definition) is 1. The van der Waals surface area contributed by atoms with Crippen molar-refractivity contribution in [3.63, 3.8) is 0 Å². The van der Waals surface area contributed by atoms with E-state index in [1.807, 2.05) is 11.9 Å². The summed E-state index contributed by atoms with van der Waals surface area (Å²) in [5.41, 5.74) is 0. The third kappa shape index (κ3) is 3.88. The second-order valence-electron chi connectivity index (χ2n) is 5.20. The van der Waals surface area contributed by atoms with Crippen molar-refractivity contribution < 1.29 is 4.79 Å². The van der Waals surface area contributed by atoms with E-state index in [-0.39, 0.29) is 5.91 Å². The molecular weight excluding hydrogens is 232 g/mol. The average molecular weight is 256 g/mol. The third-order valence-corrected chi connectivity index (χ3v) is 5.05. The summed E-state index contributed by atoms with van der Waals surface area (Å²) in [6.07, 6.45) is 6.17. The third-order valence-electron chi connectivity index (χ3n) is 3.82. The highest BCUT2D eigenvalue weighted by Crippen LogP contribution is 2.29. The molecule has 0 aromatic carbocycles. The van der Waals surface area contributed by atoms with Crippen molar-refractivity contribution in [3.8, 4) is 0 Å². The molecule has 17 heavy (non-hydrogen) atoms. The van der Waals surface area contributed by atoms with Gasteiger partial charge in [-0.2, -0.15) is 11.8 Å². The van der Waals surface area contributed by atoms with Crippen LogP contribution < -0.4 is 5.32 Å². The molecule has 98 valence electrons. The van der Waals surface area contributed by atoms with E-state index >= 15 is 0 Å². The topological polar surface area (TPSA) is 32.3 Å². The predicted octanol–water partition coefficient (Wildman–Crippen LogP) is 1.87. The van der Waals surface area contributed by atoms with Crippen LogP contribution in [0.3, 0.4) is 0 Å². The Bertz CT molecular complexity index is 268. The van der Waals surface area contributed by atoms with Gasteiger partial charge in [-0.05, 0) is 37.9 Å². The Balaban J connectivity index is 1.63. The van der Waals surface area contributed by atoms with Crippen LogP contribution in [0.15, 0.2) is 0 Å². The predicted molar refractivity (Wildman–Crippen MR) is 73.4 cm³/mol. The maximum atomic E-state index is 11.8. The second kappa shape index (κ2) is 6.10. The fraction of sp³-hybridized carbons (Fsp3) is 0.923. The smallest absolute Gasteiger partial charge is 0.236 e. The molecule has 0 bridgehead atoms. The number of nitrogens with one attached hydrogen (secondary N) is 1. The van der Waals surface area contributed by atoms with E-state index in [9.17, 15) is 4.79 Å². The molecule has 1 amide bonds. The lowest BCUT2D eigenvalue weighted by atomic mass is 10.2. The van der Waals surface area contributed by atoms with Crippen LogP contribution in [0.2, 0.25) is 0 Å². The van der Waals surface area contributed by atoms with Crippen LogP contribution in [0.4, 0.5) is 0 Å². The van der Waals surface area contributed by atoms with Crippen LogP contribution >= 0.6 is 11.8 Å². The normalized spacial score (nSPS) is 28.4. The minimum absolute atomic E-state index is 0.263. The molecule has 2 aliphatic carbocycles. The van der Waals surface area contributed by atoms with Crippen LogP contribution in [-0.4, -0.2) is 47.5 Å². The molecule has 2 aliphatic rings. The molecule has 0 aromatic heterocycles. The van der Waals surface area contributed by atoms with E-state index in [0.717, 1.165) is 5.25 Å². The van der Waals surface area contributed by atoms with Crippen LogP contribution in [0.25, 0.3) is 0 Å². The molecule has 4 heteroatoms. The van der Waals surface area contributed by atoms with Crippen LogP contribution in [-0.2, 0) is 4.79 Å². The first kappa shape index (κ1) is 13.2. The molecule has 1 N–H and O–H groups in total. The van der Waals surface area contributed by atoms with Crippen LogP contribution in [0, 0.1) is 0 Å². The Morgan fingerprint density at radius 3 is 2.76 bits per heavy atom. The van der Waals surface area contributed by atoms with E-state index in [1.54, 1.807) is 0 Å². The van der Waals surface area contributed by atoms with Crippen molar-refractivity contribution in [2.45, 2.75) is 56.4 Å². The summed E-state index contributed by atoms with van der Waals surface area (Å²) in [7, 11) is 1.94. The number of thioether (sulfide) groups is 1. The molecule has 3 nitrogen and oxygen atoms in total. The van der Waals surface area contributed by atoms with E-state index in [1.165, 1.54) is 37.9 Å². The zero-order valence-electron chi connectivity index (χ0n) is 10.9. The fourth-order valence-electron chi connectivity index (χ4n) is 2.53. The minimum Gasteiger partial charge on any atom is -0.342 e. The lowest BCUT2D eigenvalue weighted by molar-refractivity contribution is -0.129. The number of hydrogen-bond acceptors (Lipinski definition) is 3. The molecule has 0 aliphatic heterocycles. The summed E-state index contributed by atoms with van der Waals surface area (Å²) in [4.78, 5) is 13.8. The second-order valence-corrected chi connectivity index (χ2v) is 6.78. The molecule has 2 atom stereocenters. The number of amides is 1. The SMILES string of the molecule is CCSC1CCC(NCC(=O)N(C)C2CC2)C1. The Labute approximate surface area is 109 Å². The van der Waals surface area contributed by atoms with Gasteiger partial charge in [-0.15, -0.1) is 0 Å². The van der Waals surface area contributed by atoms with Crippen molar-refractivity contribution >= 4 is 17.7 Å². The van der Waals surface area contributed by atoms with Gasteiger partial charge in [0.25, 0.3) is 0 Å². The number of nitrogens with zero attached hydrogens (tertiary/aromatic N) is 1. The van der Waals surface area contributed by atoms with E-state index in [2.05, 4.69) is 24.0 Å². The zero-order chi connectivity index (χ0) is 12.3. The molecular formula is C13H24N2OS. The highest BCUT2D eigenvalue weighted by molar-refractivity contribution is 7.99. The Morgan fingerprint density at radius 2 is 2.12 bits per heavy atom. The molecule has 0 saturated heterocycles. The number of likely N-dealkylation sites (N-methyl/N-ethyl adjacent to an activating group) is 1. The number of carbonyl (C=O) groups is 1. The van der Waals surface area contributed by atoms with Gasteiger partial charge in [0, 0.05) is 24.4 Å². The highest BCUT2D eigenvalue weighted by Gasteiger charge is 2.30. The van der Waals surface area contributed by atoms with Crippen LogP contribution in [0.1, 0.15) is 39.0 Å². The van der Waals surface area contributed by atoms with Gasteiger partial charge in [-0.1, -0.05) is 6.92 Å². The summed E-state index contributed by atoms with van der Waals surface area (Å²) in [5, 5.41) is 4.24. The molecule has 0 spiro atoms. The van der Waals surface area contributed by atoms with Gasteiger partial charge in [0.1, 0.15) is 0 Å². The van der Waals surface area contributed by atoms with Gasteiger partial charge >= 0.3 is 0 Å². The Hall–Kier alpha value is -0.220. The first-order valence-corrected chi connectivity index (χ1v) is 7.86. The van der Waals surface area contributed by atoms with Crippen molar-refractivity contribution in [2.75, 3.05) is 19.3 Å². The number of rotatable bonds is 6. The quantitative estimate of drug-likeness (QED) is 0.787. The molecule has 0 aromatic rings. The highest BCUT2D eigenvalue weighted by atomic mass is 32.2. The average Bonchev–Trinajstić information content (AvgIpc) is 3.08. The number of carbonyl (C=O) groups excluding carboxylic acids is 1. The maximum Gasteiger partial charge on any atom is 0.236 e. The molecule has 2 saturated carbocycles. The Morgan fingerprint density at radius 1 is 1.35 bits per heavy atom. The Kier molecular flexibility index (Phi) is 4.74. The van der Waals surface area contributed by atoms with Crippen molar-refractivity contribution in [2.24, 2.45) is 0 Å². The largest absolute Gasteiger partial charge is 0.342 e. The summed E-state index contributed by atoms with van der Waals surface area (Å²) < 4.78 is 0. The molecule has 0 radical (unpaired) electrons.